The van der Waals surface area contributed by atoms with E-state index in [1.165, 1.54) is 64.0 Å². The van der Waals surface area contributed by atoms with Gasteiger partial charge in [-0.15, -0.1) is 11.3 Å². The van der Waals surface area contributed by atoms with Crippen molar-refractivity contribution in [3.05, 3.63) is 158 Å². The van der Waals surface area contributed by atoms with Gasteiger partial charge in [-0.05, 0) is 29.8 Å². The molecular weight excluding hydrogens is 629 g/mol. The Labute approximate surface area is 290 Å². The zero-order valence-corrected chi connectivity index (χ0v) is 27.5. The van der Waals surface area contributed by atoms with Gasteiger partial charge in [0.2, 0.25) is 0 Å². The largest absolute Gasteiger partial charge is 0.307 e. The van der Waals surface area contributed by atoms with Crippen molar-refractivity contribution in [1.29, 1.82) is 0 Å². The third kappa shape index (κ3) is 3.95. The van der Waals surface area contributed by atoms with Crippen molar-refractivity contribution in [3.63, 3.8) is 0 Å². The minimum absolute atomic E-state index is 0.660. The van der Waals surface area contributed by atoms with Crippen molar-refractivity contribution < 1.29 is 0 Å². The molecule has 7 aromatic carbocycles. The highest BCUT2D eigenvalue weighted by atomic mass is 32.1. The Morgan fingerprint density at radius 2 is 0.980 bits per heavy atom. The van der Waals surface area contributed by atoms with E-state index in [1.807, 2.05) is 47.7 Å². The molecule has 0 bridgehead atoms. The summed E-state index contributed by atoms with van der Waals surface area (Å²) in [6, 6.07) is 55.9. The number of nitrogens with zero attached hydrogens (tertiary/aromatic N) is 4. The molecule has 0 saturated carbocycles. The van der Waals surface area contributed by atoms with E-state index in [9.17, 15) is 0 Å². The monoisotopic (exact) mass is 654 g/mol. The molecular formula is C45H26N4S. The Balaban J connectivity index is 1.21. The van der Waals surface area contributed by atoms with Crippen LogP contribution in [-0.4, -0.2) is 19.4 Å². The number of thiophene rings is 1. The van der Waals surface area contributed by atoms with Crippen LogP contribution in [0.25, 0.3) is 104 Å². The van der Waals surface area contributed by atoms with Crippen LogP contribution >= 0.6 is 11.3 Å². The molecule has 0 fully saturated rings. The second kappa shape index (κ2) is 10.5. The number of aromatic nitrogens is 4. The first-order valence-electron chi connectivity index (χ1n) is 16.8. The van der Waals surface area contributed by atoms with Crippen molar-refractivity contribution in [2.75, 3.05) is 0 Å². The zero-order valence-electron chi connectivity index (χ0n) is 26.7. The first kappa shape index (κ1) is 27.5. The Bertz CT molecular complexity index is 3030. The van der Waals surface area contributed by atoms with Crippen LogP contribution in [0.2, 0.25) is 0 Å². The van der Waals surface area contributed by atoms with E-state index in [0.717, 1.165) is 22.1 Å². The summed E-state index contributed by atoms with van der Waals surface area (Å²) in [5, 5.41) is 7.43. The van der Waals surface area contributed by atoms with E-state index in [2.05, 4.69) is 126 Å². The van der Waals surface area contributed by atoms with E-state index in [1.54, 1.807) is 0 Å². The molecule has 11 rings (SSSR count). The van der Waals surface area contributed by atoms with E-state index in [-0.39, 0.29) is 0 Å². The second-order valence-corrected chi connectivity index (χ2v) is 13.9. The van der Waals surface area contributed by atoms with Crippen LogP contribution in [0.5, 0.6) is 0 Å². The predicted molar refractivity (Wildman–Crippen MR) is 209 cm³/mol. The standard InChI is InChI=1S/C45H26N4S/c1-3-12-27(13-4-1)43-46-44(28-14-5-2-6-15-28)48-45(47-43)36-25-24-34-33-19-11-18-30(41(33)49-37-20-9-7-17-35(37)40(36)42(34)49)29-22-23-32-31-16-8-10-21-38(31)50-39(32)26-29/h1-26H. The topological polar surface area (TPSA) is 43.1 Å². The maximum absolute atomic E-state index is 5.15. The summed E-state index contributed by atoms with van der Waals surface area (Å²) in [6.45, 7) is 0. The first-order chi connectivity index (χ1) is 24.8. The van der Waals surface area contributed by atoms with Crippen molar-refractivity contribution in [3.8, 4) is 45.3 Å². The zero-order chi connectivity index (χ0) is 32.8. The van der Waals surface area contributed by atoms with Gasteiger partial charge in [0, 0.05) is 64.0 Å². The molecule has 0 spiro atoms. The van der Waals surface area contributed by atoms with Crippen molar-refractivity contribution in [2.24, 2.45) is 0 Å². The Morgan fingerprint density at radius 3 is 1.76 bits per heavy atom. The normalized spacial score (nSPS) is 12.0. The van der Waals surface area contributed by atoms with Gasteiger partial charge in [0.15, 0.2) is 17.5 Å². The molecule has 4 aromatic heterocycles. The summed E-state index contributed by atoms with van der Waals surface area (Å²) >= 11 is 1.86. The maximum atomic E-state index is 5.15. The van der Waals surface area contributed by atoms with Crippen LogP contribution < -0.4 is 0 Å². The minimum Gasteiger partial charge on any atom is -0.307 e. The highest BCUT2D eigenvalue weighted by Crippen LogP contribution is 2.46. The van der Waals surface area contributed by atoms with E-state index < -0.39 is 0 Å². The van der Waals surface area contributed by atoms with Crippen LogP contribution in [-0.2, 0) is 0 Å². The molecule has 5 heteroatoms. The molecule has 0 aliphatic rings. The quantitative estimate of drug-likeness (QED) is 0.190. The molecule has 0 aliphatic heterocycles. The van der Waals surface area contributed by atoms with Gasteiger partial charge in [-0.3, -0.25) is 0 Å². The fourth-order valence-corrected chi connectivity index (χ4v) is 8.93. The van der Waals surface area contributed by atoms with Crippen molar-refractivity contribution in [2.45, 2.75) is 0 Å². The molecule has 0 atom stereocenters. The summed E-state index contributed by atoms with van der Waals surface area (Å²) in [6.07, 6.45) is 0. The molecule has 11 aromatic rings. The van der Waals surface area contributed by atoms with Crippen LogP contribution in [0, 0.1) is 0 Å². The average Bonchev–Trinajstić information content (AvgIpc) is 3.85. The molecule has 0 amide bonds. The van der Waals surface area contributed by atoms with Crippen molar-refractivity contribution in [1.82, 2.24) is 19.4 Å². The molecule has 50 heavy (non-hydrogen) atoms. The van der Waals surface area contributed by atoms with E-state index in [0.29, 0.717) is 17.5 Å². The fraction of sp³-hybridized carbons (Fsp3) is 0. The number of rotatable bonds is 4. The Morgan fingerprint density at radius 1 is 0.380 bits per heavy atom. The van der Waals surface area contributed by atoms with Gasteiger partial charge in [0.05, 0.1) is 16.6 Å². The van der Waals surface area contributed by atoms with Crippen LogP contribution in [0.4, 0.5) is 0 Å². The SMILES string of the molecule is c1ccc(-c2nc(-c3ccccc3)nc(-c3ccc4c5cccc(-c6ccc7c(c6)sc6ccccc67)c5n5c6ccccc6c3c45)n2)cc1. The molecule has 0 N–H and O–H groups in total. The summed E-state index contributed by atoms with van der Waals surface area (Å²) in [5.41, 5.74) is 8.94. The number of hydrogen-bond acceptors (Lipinski definition) is 4. The molecule has 232 valence electrons. The lowest BCUT2D eigenvalue weighted by molar-refractivity contribution is 1.08. The van der Waals surface area contributed by atoms with Gasteiger partial charge >= 0.3 is 0 Å². The molecule has 4 heterocycles. The lowest BCUT2D eigenvalue weighted by Crippen LogP contribution is -2.00. The van der Waals surface area contributed by atoms with Crippen LogP contribution in [0.1, 0.15) is 0 Å². The fourth-order valence-electron chi connectivity index (χ4n) is 7.79. The predicted octanol–water partition coefficient (Wildman–Crippen LogP) is 12.1. The summed E-state index contributed by atoms with van der Waals surface area (Å²) < 4.78 is 5.10. The number of benzene rings is 7. The summed E-state index contributed by atoms with van der Waals surface area (Å²) in [5.74, 6) is 1.98. The Hall–Kier alpha value is -6.43. The highest BCUT2D eigenvalue weighted by Gasteiger charge is 2.24. The van der Waals surface area contributed by atoms with Gasteiger partial charge in [-0.2, -0.15) is 0 Å². The van der Waals surface area contributed by atoms with Gasteiger partial charge in [-0.1, -0.05) is 133 Å². The first-order valence-corrected chi connectivity index (χ1v) is 17.6. The van der Waals surface area contributed by atoms with Crippen LogP contribution in [0.3, 0.4) is 0 Å². The van der Waals surface area contributed by atoms with E-state index >= 15 is 0 Å². The molecule has 0 radical (unpaired) electrons. The minimum atomic E-state index is 0.660. The maximum Gasteiger partial charge on any atom is 0.164 e. The Kier molecular flexibility index (Phi) is 5.80. The lowest BCUT2D eigenvalue weighted by Gasteiger charge is -2.10. The lowest BCUT2D eigenvalue weighted by atomic mass is 9.99. The van der Waals surface area contributed by atoms with E-state index in [4.69, 9.17) is 15.0 Å². The third-order valence-electron chi connectivity index (χ3n) is 10.00. The van der Waals surface area contributed by atoms with Gasteiger partial charge in [0.25, 0.3) is 0 Å². The van der Waals surface area contributed by atoms with Crippen molar-refractivity contribution >= 4 is 69.6 Å². The summed E-state index contributed by atoms with van der Waals surface area (Å²) in [4.78, 5) is 15.3. The van der Waals surface area contributed by atoms with Crippen LogP contribution in [0.15, 0.2) is 158 Å². The van der Waals surface area contributed by atoms with Gasteiger partial charge in [-0.25, -0.2) is 15.0 Å². The number of fused-ring (bicyclic) bond motifs is 9. The highest BCUT2D eigenvalue weighted by molar-refractivity contribution is 7.25. The smallest absolute Gasteiger partial charge is 0.164 e. The second-order valence-electron chi connectivity index (χ2n) is 12.8. The molecule has 0 aliphatic carbocycles. The average molecular weight is 655 g/mol. The summed E-state index contributed by atoms with van der Waals surface area (Å²) in [7, 11) is 0. The van der Waals surface area contributed by atoms with Gasteiger partial charge < -0.3 is 4.40 Å². The molecule has 0 saturated heterocycles. The third-order valence-corrected chi connectivity index (χ3v) is 11.1. The van der Waals surface area contributed by atoms with Gasteiger partial charge in [0.1, 0.15) is 0 Å². The molecule has 4 nitrogen and oxygen atoms in total. The number of hydrogen-bond donors (Lipinski definition) is 0. The number of para-hydroxylation sites is 2. The molecule has 0 unspecified atom stereocenters.